The second-order valence-corrected chi connectivity index (χ2v) is 11.7. The lowest BCUT2D eigenvalue weighted by molar-refractivity contribution is -0.121. The summed E-state index contributed by atoms with van der Waals surface area (Å²) in [5.74, 6) is -0.0300. The van der Waals surface area contributed by atoms with Gasteiger partial charge in [0.05, 0.1) is 17.5 Å². The molecule has 11 heteroatoms. The van der Waals surface area contributed by atoms with Gasteiger partial charge in [0.25, 0.3) is 0 Å². The molecule has 0 aliphatic carbocycles. The van der Waals surface area contributed by atoms with Crippen LogP contribution in [0.15, 0.2) is 83.4 Å². The molecule has 1 heterocycles. The van der Waals surface area contributed by atoms with Crippen LogP contribution in [-0.2, 0) is 22.4 Å². The second kappa shape index (κ2) is 17.3. The van der Waals surface area contributed by atoms with Gasteiger partial charge in [0.2, 0.25) is 11.8 Å². The third-order valence-electron chi connectivity index (χ3n) is 6.84. The lowest BCUT2D eigenvalue weighted by Crippen LogP contribution is -2.43. The van der Waals surface area contributed by atoms with E-state index in [4.69, 9.17) is 11.5 Å². The third kappa shape index (κ3) is 12.1. The number of nitrogens with one attached hydrogen (secondary N) is 3. The molecule has 2 aromatic rings. The predicted molar refractivity (Wildman–Crippen MR) is 174 cm³/mol. The van der Waals surface area contributed by atoms with Crippen molar-refractivity contribution in [2.75, 3.05) is 7.05 Å². The van der Waals surface area contributed by atoms with Gasteiger partial charge in [0.15, 0.2) is 5.50 Å². The summed E-state index contributed by atoms with van der Waals surface area (Å²) in [6.45, 7) is 3.73. The van der Waals surface area contributed by atoms with E-state index >= 15 is 0 Å². The Kier molecular flexibility index (Phi) is 13.6. The second-order valence-electron chi connectivity index (χ2n) is 10.6. The Labute approximate surface area is 259 Å². The SMILES string of the molecule is CCC(=O)NC(C)c1cccc(CC(=O)N/C(N)=C/C=C(\N)CCCCC2=NN(C)C(NC(O)Cc3ccccc3)S2)c1. The monoisotopic (exact) mass is 607 g/mol. The van der Waals surface area contributed by atoms with Gasteiger partial charge in [-0.15, -0.1) is 0 Å². The van der Waals surface area contributed by atoms with Crippen LogP contribution in [0.1, 0.15) is 68.7 Å². The molecule has 3 atom stereocenters. The molecule has 43 heavy (non-hydrogen) atoms. The minimum Gasteiger partial charge on any atom is -0.402 e. The lowest BCUT2D eigenvalue weighted by atomic mass is 10.0. The molecule has 0 saturated carbocycles. The first-order chi connectivity index (χ1) is 20.6. The van der Waals surface area contributed by atoms with Crippen LogP contribution in [0.4, 0.5) is 0 Å². The van der Waals surface area contributed by atoms with Crippen LogP contribution < -0.4 is 27.4 Å². The van der Waals surface area contributed by atoms with E-state index in [0.717, 1.165) is 41.0 Å². The third-order valence-corrected chi connectivity index (χ3v) is 8.07. The van der Waals surface area contributed by atoms with E-state index in [0.29, 0.717) is 25.0 Å². The highest BCUT2D eigenvalue weighted by atomic mass is 32.2. The highest BCUT2D eigenvalue weighted by Gasteiger charge is 2.26. The number of rotatable bonds is 16. The molecule has 232 valence electrons. The molecule has 1 aliphatic rings. The zero-order valence-electron chi connectivity index (χ0n) is 25.3. The Bertz CT molecular complexity index is 1300. The van der Waals surface area contributed by atoms with Crippen LogP contribution in [0.25, 0.3) is 0 Å². The van der Waals surface area contributed by atoms with Crippen LogP contribution in [0.5, 0.6) is 0 Å². The number of benzene rings is 2. The number of thioether (sulfide) groups is 1. The van der Waals surface area contributed by atoms with Crippen molar-refractivity contribution >= 4 is 28.6 Å². The van der Waals surface area contributed by atoms with Crippen molar-refractivity contribution in [2.45, 2.75) is 76.6 Å². The van der Waals surface area contributed by atoms with E-state index in [2.05, 4.69) is 21.1 Å². The standard InChI is InChI=1S/C32H45N7O3S/c1-4-28(40)35-22(2)25-14-10-13-24(19-25)21-29(41)36-27(34)18-17-26(33)15-8-9-16-31-38-39(3)32(43-31)37-30(42)20-23-11-6-5-7-12-23/h5-7,10-14,17-19,22,30,32,37,42H,4,8-9,15-16,20-21,33-34H2,1-3H3,(H,35,40)(H,36,41)/b26-17-,27-18+. The Morgan fingerprint density at radius 3 is 2.56 bits per heavy atom. The summed E-state index contributed by atoms with van der Waals surface area (Å²) in [5.41, 5.74) is 15.6. The molecule has 10 nitrogen and oxygen atoms in total. The van der Waals surface area contributed by atoms with E-state index in [9.17, 15) is 14.7 Å². The Hall–Kier alpha value is -3.80. The number of carbonyl (C=O) groups excluding carboxylic acids is 2. The van der Waals surface area contributed by atoms with Gasteiger partial charge in [-0.1, -0.05) is 73.3 Å². The molecule has 0 saturated heterocycles. The molecule has 0 radical (unpaired) electrons. The number of nitrogens with two attached hydrogens (primary N) is 2. The maximum absolute atomic E-state index is 12.5. The first kappa shape index (κ1) is 33.7. The Morgan fingerprint density at radius 1 is 1.07 bits per heavy atom. The number of aliphatic hydroxyl groups is 1. The minimum absolute atomic E-state index is 0.0196. The predicted octanol–water partition coefficient (Wildman–Crippen LogP) is 3.56. The fraction of sp³-hybridized carbons (Fsp3) is 0.406. The maximum atomic E-state index is 12.5. The number of nitrogens with zero attached hydrogens (tertiary/aromatic N) is 2. The van der Waals surface area contributed by atoms with Gasteiger partial charge >= 0.3 is 0 Å². The maximum Gasteiger partial charge on any atom is 0.229 e. The number of carbonyl (C=O) groups is 2. The molecule has 0 spiro atoms. The number of aliphatic hydroxyl groups excluding tert-OH is 1. The highest BCUT2D eigenvalue weighted by molar-refractivity contribution is 8.14. The molecular weight excluding hydrogens is 562 g/mol. The molecule has 0 bridgehead atoms. The van der Waals surface area contributed by atoms with Gasteiger partial charge in [0.1, 0.15) is 12.0 Å². The molecule has 2 amide bonds. The van der Waals surface area contributed by atoms with E-state index in [1.165, 1.54) is 0 Å². The Balaban J connectivity index is 1.35. The largest absolute Gasteiger partial charge is 0.402 e. The van der Waals surface area contributed by atoms with Crippen LogP contribution in [0.2, 0.25) is 0 Å². The fourth-order valence-corrected chi connectivity index (χ4v) is 5.61. The number of hydrogen-bond donors (Lipinski definition) is 6. The zero-order valence-corrected chi connectivity index (χ0v) is 26.1. The van der Waals surface area contributed by atoms with Crippen molar-refractivity contribution in [3.05, 3.63) is 95.0 Å². The highest BCUT2D eigenvalue weighted by Crippen LogP contribution is 2.26. The zero-order chi connectivity index (χ0) is 31.2. The van der Waals surface area contributed by atoms with Crippen LogP contribution in [-0.4, -0.2) is 45.7 Å². The number of hydrazone groups is 1. The average Bonchev–Trinajstić information content (AvgIpc) is 3.32. The molecule has 3 unspecified atom stereocenters. The van der Waals surface area contributed by atoms with E-state index < -0.39 is 6.23 Å². The quantitative estimate of drug-likeness (QED) is 0.0961. The minimum atomic E-state index is -0.659. The summed E-state index contributed by atoms with van der Waals surface area (Å²) in [5, 5.41) is 26.7. The summed E-state index contributed by atoms with van der Waals surface area (Å²) in [6.07, 6.45) is 7.11. The van der Waals surface area contributed by atoms with Gasteiger partial charge in [-0.25, -0.2) is 0 Å². The number of hydrogen-bond acceptors (Lipinski definition) is 9. The topological polar surface area (TPSA) is 158 Å². The molecule has 3 rings (SSSR count). The molecular formula is C32H45N7O3S. The molecule has 0 fully saturated rings. The summed E-state index contributed by atoms with van der Waals surface area (Å²) < 4.78 is 0. The van der Waals surface area contributed by atoms with E-state index in [-0.39, 0.29) is 35.6 Å². The van der Waals surface area contributed by atoms with Gasteiger partial charge in [-0.3, -0.25) is 19.9 Å². The van der Waals surface area contributed by atoms with Gasteiger partial charge in [0, 0.05) is 25.6 Å². The van der Waals surface area contributed by atoms with Crippen molar-refractivity contribution in [3.63, 3.8) is 0 Å². The van der Waals surface area contributed by atoms with Crippen molar-refractivity contribution in [1.82, 2.24) is 21.0 Å². The number of allylic oxidation sites excluding steroid dienone is 3. The van der Waals surface area contributed by atoms with Gasteiger partial charge < -0.3 is 27.2 Å². The summed E-state index contributed by atoms with van der Waals surface area (Å²) in [4.78, 5) is 24.2. The van der Waals surface area contributed by atoms with Crippen LogP contribution >= 0.6 is 11.8 Å². The van der Waals surface area contributed by atoms with Crippen molar-refractivity contribution in [3.8, 4) is 0 Å². The lowest BCUT2D eigenvalue weighted by Gasteiger charge is -2.22. The fourth-order valence-electron chi connectivity index (χ4n) is 4.49. The first-order valence-corrected chi connectivity index (χ1v) is 15.6. The van der Waals surface area contributed by atoms with E-state index in [1.54, 1.807) is 23.9 Å². The molecule has 0 aromatic heterocycles. The Morgan fingerprint density at radius 2 is 1.81 bits per heavy atom. The summed E-state index contributed by atoms with van der Waals surface area (Å²) in [7, 11) is 1.90. The number of unbranched alkanes of at least 4 members (excludes halogenated alkanes) is 1. The van der Waals surface area contributed by atoms with Crippen molar-refractivity contribution < 1.29 is 14.7 Å². The average molecular weight is 608 g/mol. The van der Waals surface area contributed by atoms with E-state index in [1.807, 2.05) is 80.5 Å². The number of amides is 2. The normalized spacial score (nSPS) is 16.9. The van der Waals surface area contributed by atoms with Crippen molar-refractivity contribution in [2.24, 2.45) is 16.6 Å². The summed E-state index contributed by atoms with van der Waals surface area (Å²) in [6, 6.07) is 17.3. The molecule has 1 aliphatic heterocycles. The first-order valence-electron chi connectivity index (χ1n) is 14.7. The van der Waals surface area contributed by atoms with Crippen LogP contribution in [0, 0.1) is 0 Å². The van der Waals surface area contributed by atoms with Crippen LogP contribution in [0.3, 0.4) is 0 Å². The van der Waals surface area contributed by atoms with Crippen molar-refractivity contribution in [1.29, 1.82) is 0 Å². The molecule has 8 N–H and O–H groups in total. The smallest absolute Gasteiger partial charge is 0.229 e. The summed E-state index contributed by atoms with van der Waals surface area (Å²) >= 11 is 1.62. The van der Waals surface area contributed by atoms with Gasteiger partial charge in [-0.05, 0) is 61.4 Å². The van der Waals surface area contributed by atoms with Gasteiger partial charge in [-0.2, -0.15) is 5.10 Å². The molecule has 2 aromatic carbocycles.